The van der Waals surface area contributed by atoms with Gasteiger partial charge in [0.05, 0.1) is 23.3 Å². The molecule has 3 aromatic rings. The van der Waals surface area contributed by atoms with Gasteiger partial charge in [-0.05, 0) is 91.1 Å². The van der Waals surface area contributed by atoms with E-state index in [4.69, 9.17) is 4.74 Å². The molecule has 11 heteroatoms. The fraction of sp³-hybridized carbons (Fsp3) is 0.300. The number of amides is 1. The van der Waals surface area contributed by atoms with Crippen LogP contribution in [0, 0.1) is 17.7 Å². The number of aryl methyl sites for hydroxylation is 1. The van der Waals surface area contributed by atoms with Gasteiger partial charge in [0, 0.05) is 23.1 Å². The number of fused-ring (bicyclic) bond motifs is 1. The molecule has 1 atom stereocenters. The lowest BCUT2D eigenvalue weighted by Crippen LogP contribution is -2.44. The predicted octanol–water partition coefficient (Wildman–Crippen LogP) is 5.03. The fourth-order valence-electron chi connectivity index (χ4n) is 5.07. The van der Waals surface area contributed by atoms with Crippen LogP contribution in [0.4, 0.5) is 23.2 Å². The monoisotopic (exact) mass is 587 g/mol. The lowest BCUT2D eigenvalue weighted by atomic mass is 9.81. The van der Waals surface area contributed by atoms with Crippen molar-refractivity contribution in [1.82, 2.24) is 0 Å². The summed E-state index contributed by atoms with van der Waals surface area (Å²) in [6.07, 6.45) is -4.43. The van der Waals surface area contributed by atoms with Gasteiger partial charge in [0.2, 0.25) is 5.60 Å². The van der Waals surface area contributed by atoms with Crippen LogP contribution < -0.4 is 10.1 Å². The van der Waals surface area contributed by atoms with Gasteiger partial charge in [-0.25, -0.2) is 12.8 Å². The number of aliphatic hydroxyl groups is 1. The average Bonchev–Trinajstić information content (AvgIpc) is 3.63. The second-order valence-electron chi connectivity index (χ2n) is 10.3. The zero-order chi connectivity index (χ0) is 29.6. The van der Waals surface area contributed by atoms with Gasteiger partial charge in [0.25, 0.3) is 5.91 Å². The summed E-state index contributed by atoms with van der Waals surface area (Å²) in [5, 5.41) is 14.3. The second-order valence-corrected chi connectivity index (χ2v) is 12.4. The van der Waals surface area contributed by atoms with Gasteiger partial charge < -0.3 is 15.2 Å². The van der Waals surface area contributed by atoms with Crippen LogP contribution in [0.2, 0.25) is 0 Å². The van der Waals surface area contributed by atoms with Gasteiger partial charge in [0.15, 0.2) is 9.84 Å². The van der Waals surface area contributed by atoms with E-state index in [0.717, 1.165) is 12.1 Å². The van der Waals surface area contributed by atoms with Crippen molar-refractivity contribution in [3.8, 4) is 17.6 Å². The molecular formula is C30H25F4NO5S. The highest BCUT2D eigenvalue weighted by Gasteiger charge is 2.54. The Morgan fingerprint density at radius 3 is 2.41 bits per heavy atom. The van der Waals surface area contributed by atoms with E-state index in [0.29, 0.717) is 22.9 Å². The molecule has 0 radical (unpaired) electrons. The highest BCUT2D eigenvalue weighted by atomic mass is 32.2. The Morgan fingerprint density at radius 2 is 1.78 bits per heavy atom. The maximum atomic E-state index is 14.9. The Hall–Kier alpha value is -3.88. The molecule has 41 heavy (non-hydrogen) atoms. The summed E-state index contributed by atoms with van der Waals surface area (Å²) < 4.78 is 84.6. The van der Waals surface area contributed by atoms with Crippen LogP contribution in [-0.2, 0) is 32.6 Å². The molecular weight excluding hydrogens is 562 g/mol. The van der Waals surface area contributed by atoms with E-state index in [1.165, 1.54) is 25.3 Å². The first kappa shape index (κ1) is 28.6. The van der Waals surface area contributed by atoms with Crippen LogP contribution in [0.3, 0.4) is 0 Å². The maximum Gasteiger partial charge on any atom is 0.416 e. The van der Waals surface area contributed by atoms with E-state index in [9.17, 15) is 35.9 Å². The lowest BCUT2D eigenvalue weighted by molar-refractivity contribution is -0.137. The van der Waals surface area contributed by atoms with Crippen LogP contribution in [0.5, 0.6) is 5.75 Å². The molecule has 6 nitrogen and oxygen atoms in total. The molecule has 0 spiro atoms. The summed E-state index contributed by atoms with van der Waals surface area (Å²) in [7, 11) is -1.91. The van der Waals surface area contributed by atoms with Crippen molar-refractivity contribution in [2.75, 3.05) is 18.2 Å². The van der Waals surface area contributed by atoms with Crippen molar-refractivity contribution >= 4 is 21.4 Å². The fourth-order valence-corrected chi connectivity index (χ4v) is 6.61. The Morgan fingerprint density at radius 1 is 1.07 bits per heavy atom. The molecule has 0 aromatic heterocycles. The molecule has 1 saturated carbocycles. The van der Waals surface area contributed by atoms with Gasteiger partial charge in [-0.3, -0.25) is 4.79 Å². The molecule has 3 aromatic carbocycles. The minimum Gasteiger partial charge on any atom is -0.497 e. The van der Waals surface area contributed by atoms with E-state index < -0.39 is 50.7 Å². The van der Waals surface area contributed by atoms with E-state index in [1.54, 1.807) is 24.3 Å². The molecule has 214 valence electrons. The van der Waals surface area contributed by atoms with Crippen molar-refractivity contribution in [3.05, 3.63) is 88.7 Å². The lowest BCUT2D eigenvalue weighted by Gasteiger charge is -2.28. The number of methoxy groups -OCH3 is 1. The molecule has 1 aliphatic carbocycles. The number of ether oxygens (including phenoxy) is 1. The zero-order valence-electron chi connectivity index (χ0n) is 21.8. The summed E-state index contributed by atoms with van der Waals surface area (Å²) in [6, 6.07) is 12.8. The Labute approximate surface area is 234 Å². The third-order valence-corrected chi connectivity index (χ3v) is 9.30. The topological polar surface area (TPSA) is 92.7 Å². The number of alkyl halides is 3. The molecule has 2 N–H and O–H groups in total. The number of hydrogen-bond donors (Lipinski definition) is 2. The third kappa shape index (κ3) is 5.80. The van der Waals surface area contributed by atoms with E-state index >= 15 is 0 Å². The summed E-state index contributed by atoms with van der Waals surface area (Å²) in [6.45, 7) is 0. The van der Waals surface area contributed by atoms with E-state index in [-0.39, 0.29) is 41.2 Å². The zero-order valence-corrected chi connectivity index (χ0v) is 22.6. The highest BCUT2D eigenvalue weighted by molar-refractivity contribution is 7.91. The quantitative estimate of drug-likeness (QED) is 0.312. The molecule has 1 aliphatic heterocycles. The molecule has 0 bridgehead atoms. The number of nitrogens with one attached hydrogen (secondary N) is 1. The van der Waals surface area contributed by atoms with Crippen molar-refractivity contribution in [1.29, 1.82) is 0 Å². The van der Waals surface area contributed by atoms with Gasteiger partial charge in [-0.15, -0.1) is 0 Å². The SMILES string of the molecule is COc1ccc(C#CC(O)(CC2(c3cc(C(F)(F)F)ccc3F)CC2)C(=O)Nc2ccc3c(c2)CCS3(=O)=O)cc1. The van der Waals surface area contributed by atoms with Gasteiger partial charge >= 0.3 is 6.18 Å². The van der Waals surface area contributed by atoms with Gasteiger partial charge in [0.1, 0.15) is 11.6 Å². The number of carbonyl (C=O) groups excluding carboxylic acids is 1. The second kappa shape index (κ2) is 10.2. The third-order valence-electron chi connectivity index (χ3n) is 7.49. The minimum atomic E-state index is -4.71. The Balaban J connectivity index is 1.50. The summed E-state index contributed by atoms with van der Waals surface area (Å²) in [5.74, 6) is 3.97. The largest absolute Gasteiger partial charge is 0.497 e. The first-order chi connectivity index (χ1) is 19.2. The standard InChI is InChI=1S/C30H25F4NO5S/c1-40-23-6-2-19(3-7-23)10-12-29(37,27(36)35-22-5-9-26-20(16-22)11-15-41(26,38)39)18-28(13-14-28)24-17-21(30(32,33)34)4-8-25(24)31/h2-9,16-17,37H,11,13-15,18H2,1H3,(H,35,36). The first-order valence-electron chi connectivity index (χ1n) is 12.7. The first-order valence-corrected chi connectivity index (χ1v) is 14.3. The number of benzene rings is 3. The Bertz CT molecular complexity index is 1690. The highest BCUT2D eigenvalue weighted by Crippen LogP contribution is 2.55. The molecule has 0 saturated heterocycles. The number of halogens is 4. The van der Waals surface area contributed by atoms with E-state index in [1.807, 2.05) is 0 Å². The van der Waals surface area contributed by atoms with Crippen molar-refractivity contribution in [3.63, 3.8) is 0 Å². The number of carbonyl (C=O) groups is 1. The normalized spacial score (nSPS) is 17.9. The maximum absolute atomic E-state index is 14.9. The molecule has 1 amide bonds. The number of anilines is 1. The Kier molecular flexibility index (Phi) is 7.12. The summed E-state index contributed by atoms with van der Waals surface area (Å²) in [4.78, 5) is 13.7. The van der Waals surface area contributed by atoms with Crippen LogP contribution in [0.1, 0.15) is 41.5 Å². The number of sulfone groups is 1. The van der Waals surface area contributed by atoms with Crippen molar-refractivity contribution in [2.45, 2.75) is 47.8 Å². The molecule has 2 aliphatic rings. The smallest absolute Gasteiger partial charge is 0.416 e. The molecule has 1 fully saturated rings. The van der Waals surface area contributed by atoms with Crippen LogP contribution in [0.15, 0.2) is 65.6 Å². The molecule has 5 rings (SSSR count). The number of hydrogen-bond acceptors (Lipinski definition) is 5. The molecule has 1 unspecified atom stereocenters. The van der Waals surface area contributed by atoms with Gasteiger partial charge in [-0.1, -0.05) is 11.8 Å². The van der Waals surface area contributed by atoms with Crippen molar-refractivity contribution in [2.24, 2.45) is 0 Å². The van der Waals surface area contributed by atoms with Crippen LogP contribution in [-0.4, -0.2) is 37.9 Å². The van der Waals surface area contributed by atoms with Crippen LogP contribution >= 0.6 is 0 Å². The van der Waals surface area contributed by atoms with E-state index in [2.05, 4.69) is 17.2 Å². The minimum absolute atomic E-state index is 0.0535. The summed E-state index contributed by atoms with van der Waals surface area (Å²) in [5.41, 5.74) is -3.82. The van der Waals surface area contributed by atoms with Gasteiger partial charge in [-0.2, -0.15) is 13.2 Å². The summed E-state index contributed by atoms with van der Waals surface area (Å²) >= 11 is 0. The van der Waals surface area contributed by atoms with Crippen molar-refractivity contribution < 1.29 is 40.6 Å². The molecule has 1 heterocycles. The number of rotatable bonds is 6. The van der Waals surface area contributed by atoms with Crippen LogP contribution in [0.25, 0.3) is 0 Å². The average molecular weight is 588 g/mol. The predicted molar refractivity (Wildman–Crippen MR) is 143 cm³/mol.